The predicted molar refractivity (Wildman–Crippen MR) is 125 cm³/mol. The van der Waals surface area contributed by atoms with Crippen molar-refractivity contribution in [3.63, 3.8) is 0 Å². The summed E-state index contributed by atoms with van der Waals surface area (Å²) in [4.78, 5) is 24.7. The lowest BCUT2D eigenvalue weighted by atomic mass is 10.1. The summed E-state index contributed by atoms with van der Waals surface area (Å²) >= 11 is 0. The number of carbonyl (C=O) groups excluding carboxylic acids is 2. The Balaban J connectivity index is 2.06. The van der Waals surface area contributed by atoms with E-state index in [-0.39, 0.29) is 25.1 Å². The molecule has 0 aliphatic heterocycles. The molecule has 0 saturated heterocycles. The van der Waals surface area contributed by atoms with Crippen molar-refractivity contribution in [1.29, 1.82) is 0 Å². The Morgan fingerprint density at radius 1 is 0.939 bits per heavy atom. The zero-order valence-corrected chi connectivity index (χ0v) is 20.3. The van der Waals surface area contributed by atoms with Gasteiger partial charge in [0, 0.05) is 19.6 Å². The topological polar surface area (TPSA) is 100 Å². The number of hydrogen-bond donors (Lipinski definition) is 1. The van der Waals surface area contributed by atoms with Gasteiger partial charge in [-0.1, -0.05) is 74.5 Å². The number of esters is 1. The molecular formula is C24H32NO7P. The fraction of sp³-hybridized carbons (Fsp3) is 0.417. The fourth-order valence-electron chi connectivity index (χ4n) is 3.06. The minimum Gasteiger partial charge on any atom is -0.467 e. The molecule has 0 spiro atoms. The van der Waals surface area contributed by atoms with Crippen LogP contribution in [0.25, 0.3) is 0 Å². The van der Waals surface area contributed by atoms with E-state index in [1.807, 2.05) is 74.5 Å². The summed E-state index contributed by atoms with van der Waals surface area (Å²) in [5.41, 5.74) is 1.67. The molecule has 0 radical (unpaired) electrons. The zero-order chi connectivity index (χ0) is 24.3. The molecule has 0 saturated carbocycles. The molecule has 180 valence electrons. The van der Waals surface area contributed by atoms with Crippen molar-refractivity contribution < 1.29 is 32.7 Å². The Kier molecular flexibility index (Phi) is 10.6. The lowest BCUT2D eigenvalue weighted by Gasteiger charge is -2.28. The smallest absolute Gasteiger partial charge is 0.407 e. The van der Waals surface area contributed by atoms with Crippen LogP contribution in [-0.4, -0.2) is 44.6 Å². The molecule has 0 aliphatic rings. The minimum atomic E-state index is -3.77. The third-order valence-electron chi connectivity index (χ3n) is 5.04. The van der Waals surface area contributed by atoms with Crippen molar-refractivity contribution in [2.75, 3.05) is 20.4 Å². The normalized spacial score (nSPS) is 14.7. The van der Waals surface area contributed by atoms with Crippen LogP contribution in [0.4, 0.5) is 4.79 Å². The quantitative estimate of drug-likeness (QED) is 0.353. The average molecular weight is 477 g/mol. The van der Waals surface area contributed by atoms with Gasteiger partial charge in [-0.15, -0.1) is 0 Å². The lowest BCUT2D eigenvalue weighted by molar-refractivity contribution is -0.149. The SMILES string of the molecule is COC(=O)[C@H](Cc1ccccc1)OP(=O)(CC(NC(=O)OCc1ccccc1)C(C)C)OC. The van der Waals surface area contributed by atoms with E-state index in [2.05, 4.69) is 5.32 Å². The van der Waals surface area contributed by atoms with Crippen LogP contribution < -0.4 is 5.32 Å². The second-order valence-corrected chi connectivity index (χ2v) is 10.0. The molecule has 0 heterocycles. The highest BCUT2D eigenvalue weighted by Crippen LogP contribution is 2.50. The first-order valence-electron chi connectivity index (χ1n) is 10.7. The molecule has 2 aromatic rings. The van der Waals surface area contributed by atoms with Gasteiger partial charge < -0.3 is 19.3 Å². The first-order chi connectivity index (χ1) is 15.8. The summed E-state index contributed by atoms with van der Waals surface area (Å²) in [7, 11) is -1.28. The Labute approximate surface area is 195 Å². The summed E-state index contributed by atoms with van der Waals surface area (Å²) in [6, 6.07) is 17.9. The Bertz CT molecular complexity index is 921. The van der Waals surface area contributed by atoms with Gasteiger partial charge in [0.2, 0.25) is 0 Å². The molecule has 2 unspecified atom stereocenters. The summed E-state index contributed by atoms with van der Waals surface area (Å²) < 4.78 is 34.5. The van der Waals surface area contributed by atoms with E-state index in [4.69, 9.17) is 18.5 Å². The molecule has 1 N–H and O–H groups in total. The van der Waals surface area contributed by atoms with Gasteiger partial charge in [-0.25, -0.2) is 9.59 Å². The lowest BCUT2D eigenvalue weighted by Crippen LogP contribution is -2.42. The number of nitrogens with one attached hydrogen (secondary N) is 1. The van der Waals surface area contributed by atoms with Gasteiger partial charge in [0.15, 0.2) is 6.10 Å². The van der Waals surface area contributed by atoms with Crippen LogP contribution in [0.1, 0.15) is 25.0 Å². The van der Waals surface area contributed by atoms with Crippen molar-refractivity contribution >= 4 is 19.7 Å². The molecule has 33 heavy (non-hydrogen) atoms. The Morgan fingerprint density at radius 3 is 2.03 bits per heavy atom. The van der Waals surface area contributed by atoms with E-state index in [1.54, 1.807) is 0 Å². The summed E-state index contributed by atoms with van der Waals surface area (Å²) in [5, 5.41) is 2.73. The highest BCUT2D eigenvalue weighted by atomic mass is 31.2. The minimum absolute atomic E-state index is 0.105. The van der Waals surface area contributed by atoms with Crippen LogP contribution in [0.2, 0.25) is 0 Å². The van der Waals surface area contributed by atoms with Gasteiger partial charge in [0.1, 0.15) is 6.61 Å². The van der Waals surface area contributed by atoms with Crippen LogP contribution in [0.15, 0.2) is 60.7 Å². The average Bonchev–Trinajstić information content (AvgIpc) is 2.82. The van der Waals surface area contributed by atoms with E-state index >= 15 is 0 Å². The van der Waals surface area contributed by atoms with Gasteiger partial charge in [-0.05, 0) is 17.0 Å². The molecule has 1 amide bonds. The van der Waals surface area contributed by atoms with Crippen LogP contribution in [0, 0.1) is 5.92 Å². The van der Waals surface area contributed by atoms with Crippen molar-refractivity contribution in [2.45, 2.75) is 39.0 Å². The standard InChI is InChI=1S/C24H32NO7P/c1-18(2)21(25-24(27)31-16-20-13-9-6-10-14-20)17-33(28,30-4)32-22(23(26)29-3)15-19-11-7-5-8-12-19/h5-14,18,21-22H,15-17H2,1-4H3,(H,25,27)/t21?,22-,33?/m0/s1. The number of amides is 1. The second kappa shape index (κ2) is 13.1. The van der Waals surface area contributed by atoms with E-state index in [9.17, 15) is 14.2 Å². The molecular weight excluding hydrogens is 445 g/mol. The number of carbonyl (C=O) groups is 2. The van der Waals surface area contributed by atoms with Crippen molar-refractivity contribution in [2.24, 2.45) is 5.92 Å². The van der Waals surface area contributed by atoms with Gasteiger partial charge in [0.05, 0.1) is 13.3 Å². The first kappa shape index (κ1) is 26.6. The summed E-state index contributed by atoms with van der Waals surface area (Å²) in [6.45, 7) is 3.84. The number of hydrogen-bond acceptors (Lipinski definition) is 7. The van der Waals surface area contributed by atoms with Crippen LogP contribution in [0.3, 0.4) is 0 Å². The number of methoxy groups -OCH3 is 1. The van der Waals surface area contributed by atoms with Crippen molar-refractivity contribution in [3.8, 4) is 0 Å². The molecule has 0 fully saturated rings. The van der Waals surface area contributed by atoms with Crippen LogP contribution >= 0.6 is 7.60 Å². The second-order valence-electron chi connectivity index (χ2n) is 7.84. The van der Waals surface area contributed by atoms with Gasteiger partial charge in [-0.2, -0.15) is 0 Å². The third kappa shape index (κ3) is 9.00. The predicted octanol–water partition coefficient (Wildman–Crippen LogP) is 4.58. The number of benzene rings is 2. The Morgan fingerprint density at radius 2 is 1.52 bits per heavy atom. The Hall–Kier alpha value is -2.67. The van der Waals surface area contributed by atoms with E-state index in [0.717, 1.165) is 11.1 Å². The molecule has 3 atom stereocenters. The number of ether oxygens (including phenoxy) is 2. The van der Waals surface area contributed by atoms with Crippen molar-refractivity contribution in [1.82, 2.24) is 5.32 Å². The molecule has 0 bridgehead atoms. The maximum atomic E-state index is 13.4. The molecule has 2 rings (SSSR count). The van der Waals surface area contributed by atoms with Gasteiger partial charge in [0.25, 0.3) is 0 Å². The molecule has 2 aromatic carbocycles. The van der Waals surface area contributed by atoms with Gasteiger partial charge in [-0.3, -0.25) is 9.09 Å². The van der Waals surface area contributed by atoms with Crippen LogP contribution in [0.5, 0.6) is 0 Å². The van der Waals surface area contributed by atoms with E-state index in [0.29, 0.717) is 0 Å². The molecule has 0 aromatic heterocycles. The van der Waals surface area contributed by atoms with E-state index in [1.165, 1.54) is 14.2 Å². The van der Waals surface area contributed by atoms with Gasteiger partial charge >= 0.3 is 19.7 Å². The first-order valence-corrected chi connectivity index (χ1v) is 12.4. The highest BCUT2D eigenvalue weighted by Gasteiger charge is 2.36. The summed E-state index contributed by atoms with van der Waals surface area (Å²) in [5.74, 6) is -0.764. The maximum absolute atomic E-state index is 13.4. The molecule has 9 heteroatoms. The monoisotopic (exact) mass is 477 g/mol. The maximum Gasteiger partial charge on any atom is 0.407 e. The van der Waals surface area contributed by atoms with Crippen LogP contribution in [-0.2, 0) is 40.9 Å². The van der Waals surface area contributed by atoms with Crippen molar-refractivity contribution in [3.05, 3.63) is 71.8 Å². The molecule has 8 nitrogen and oxygen atoms in total. The fourth-order valence-corrected chi connectivity index (χ4v) is 4.92. The number of rotatable bonds is 12. The number of alkyl carbamates (subject to hydrolysis) is 1. The third-order valence-corrected chi connectivity index (χ3v) is 7.01. The molecule has 0 aliphatic carbocycles. The van der Waals surface area contributed by atoms with E-state index < -0.39 is 31.8 Å². The highest BCUT2D eigenvalue weighted by molar-refractivity contribution is 7.53. The largest absolute Gasteiger partial charge is 0.467 e. The zero-order valence-electron chi connectivity index (χ0n) is 19.4. The summed E-state index contributed by atoms with van der Waals surface area (Å²) in [6.07, 6.45) is -1.74.